The van der Waals surface area contributed by atoms with Gasteiger partial charge in [0.05, 0.1) is 12.8 Å². The van der Waals surface area contributed by atoms with E-state index in [9.17, 15) is 19.2 Å². The number of ether oxygens (including phenoxy) is 1. The summed E-state index contributed by atoms with van der Waals surface area (Å²) in [5.41, 5.74) is 0.279. The number of aryl methyl sites for hydroxylation is 1. The highest BCUT2D eigenvalue weighted by molar-refractivity contribution is 6.47. The molecule has 1 fully saturated rings. The van der Waals surface area contributed by atoms with E-state index >= 15 is 0 Å². The lowest BCUT2D eigenvalue weighted by atomic mass is 9.85. The number of amides is 3. The Morgan fingerprint density at radius 1 is 1.23 bits per heavy atom. The summed E-state index contributed by atoms with van der Waals surface area (Å²) in [5.74, 6) is -3.78. The Morgan fingerprint density at radius 2 is 1.88 bits per heavy atom. The van der Waals surface area contributed by atoms with Gasteiger partial charge in [0.1, 0.15) is 5.92 Å². The summed E-state index contributed by atoms with van der Waals surface area (Å²) < 4.78 is 4.69. The first-order chi connectivity index (χ1) is 12.2. The summed E-state index contributed by atoms with van der Waals surface area (Å²) in [4.78, 5) is 51.6. The fourth-order valence-electron chi connectivity index (χ4n) is 3.55. The monoisotopic (exact) mass is 357 g/mol. The molecule has 0 bridgehead atoms. The minimum absolute atomic E-state index is 0.239. The number of anilines is 1. The molecule has 3 amide bonds. The van der Waals surface area contributed by atoms with E-state index < -0.39 is 35.1 Å². The zero-order chi connectivity index (χ0) is 19.4. The molecule has 2 aliphatic rings. The van der Waals surface area contributed by atoms with Crippen LogP contribution < -0.4 is 4.90 Å². The first-order valence-corrected chi connectivity index (χ1v) is 8.08. The van der Waals surface area contributed by atoms with Crippen LogP contribution in [0.3, 0.4) is 0 Å². The molecule has 1 aromatic carbocycles. The van der Waals surface area contributed by atoms with Crippen molar-refractivity contribution >= 4 is 35.1 Å². The summed E-state index contributed by atoms with van der Waals surface area (Å²) in [6, 6.07) is 5.28. The second kappa shape index (κ2) is 5.76. The van der Waals surface area contributed by atoms with Crippen molar-refractivity contribution in [1.29, 1.82) is 0 Å². The van der Waals surface area contributed by atoms with Crippen LogP contribution in [0.15, 0.2) is 23.3 Å². The number of fused-ring (bicyclic) bond motifs is 1. The van der Waals surface area contributed by atoms with Gasteiger partial charge >= 0.3 is 5.97 Å². The largest absolute Gasteiger partial charge is 0.464 e. The smallest absolute Gasteiger partial charge is 0.355 e. The fraction of sp³-hybridized carbons (Fsp3) is 0.389. The number of imide groups is 1. The van der Waals surface area contributed by atoms with Gasteiger partial charge in [-0.1, -0.05) is 12.1 Å². The molecule has 8 nitrogen and oxygen atoms in total. The van der Waals surface area contributed by atoms with E-state index in [1.807, 2.05) is 13.0 Å². The Balaban J connectivity index is 2.19. The quantitative estimate of drug-likeness (QED) is 0.580. The highest BCUT2D eigenvalue weighted by Crippen LogP contribution is 2.44. The second-order valence-electron chi connectivity index (χ2n) is 6.59. The zero-order valence-electron chi connectivity index (χ0n) is 15.2. The van der Waals surface area contributed by atoms with E-state index in [0.717, 1.165) is 28.1 Å². The summed E-state index contributed by atoms with van der Waals surface area (Å²) >= 11 is 0. The minimum atomic E-state index is -1.59. The molecule has 2 unspecified atom stereocenters. The minimum Gasteiger partial charge on any atom is -0.464 e. The van der Waals surface area contributed by atoms with Crippen LogP contribution in [0.2, 0.25) is 0 Å². The second-order valence-corrected chi connectivity index (χ2v) is 6.59. The van der Waals surface area contributed by atoms with Gasteiger partial charge in [0.2, 0.25) is 11.8 Å². The van der Waals surface area contributed by atoms with Crippen molar-refractivity contribution in [2.45, 2.75) is 33.2 Å². The lowest BCUT2D eigenvalue weighted by Crippen LogP contribution is -2.52. The lowest BCUT2D eigenvalue weighted by molar-refractivity contribution is -0.142. The average Bonchev–Trinajstić information content (AvgIpc) is 3.01. The van der Waals surface area contributed by atoms with E-state index in [0.29, 0.717) is 5.69 Å². The van der Waals surface area contributed by atoms with Crippen molar-refractivity contribution in [3.63, 3.8) is 0 Å². The van der Waals surface area contributed by atoms with E-state index in [2.05, 4.69) is 5.10 Å². The highest BCUT2D eigenvalue weighted by atomic mass is 16.5. The summed E-state index contributed by atoms with van der Waals surface area (Å²) in [5, 5.41) is 4.85. The Bertz CT molecular complexity index is 891. The molecule has 1 aromatic rings. The number of carbonyl (C=O) groups excluding carboxylic acids is 4. The normalized spacial score (nSPS) is 24.7. The molecule has 0 saturated carbocycles. The SMILES string of the molecule is COC(=O)C1=NN(C(C)=O)C2(C)C(=O)N(c3cccc(C)c3C)C(=O)C12. The van der Waals surface area contributed by atoms with Crippen LogP contribution in [0.25, 0.3) is 0 Å². The fourth-order valence-corrected chi connectivity index (χ4v) is 3.55. The number of nitrogens with zero attached hydrogens (tertiary/aromatic N) is 3. The van der Waals surface area contributed by atoms with Gasteiger partial charge in [-0.3, -0.25) is 14.4 Å². The van der Waals surface area contributed by atoms with Crippen molar-refractivity contribution < 1.29 is 23.9 Å². The molecule has 136 valence electrons. The lowest BCUT2D eigenvalue weighted by Gasteiger charge is -2.29. The maximum atomic E-state index is 13.2. The first-order valence-electron chi connectivity index (χ1n) is 8.08. The van der Waals surface area contributed by atoms with Gasteiger partial charge in [0, 0.05) is 6.92 Å². The number of esters is 1. The van der Waals surface area contributed by atoms with Gasteiger partial charge in [-0.15, -0.1) is 0 Å². The third-order valence-electron chi connectivity index (χ3n) is 5.10. The molecule has 0 radical (unpaired) electrons. The standard InChI is InChI=1S/C18H19N3O5/c1-9-7-6-8-12(10(9)2)20-15(23)13-14(16(24)26-5)19-21(11(3)22)18(13,4)17(20)25/h6-8,13H,1-5H3. The van der Waals surface area contributed by atoms with Crippen LogP contribution >= 0.6 is 0 Å². The van der Waals surface area contributed by atoms with E-state index in [1.54, 1.807) is 19.1 Å². The number of benzene rings is 1. The van der Waals surface area contributed by atoms with Gasteiger partial charge in [-0.25, -0.2) is 14.7 Å². The van der Waals surface area contributed by atoms with Crippen LogP contribution in [-0.4, -0.2) is 47.1 Å². The van der Waals surface area contributed by atoms with Gasteiger partial charge < -0.3 is 4.74 Å². The summed E-state index contributed by atoms with van der Waals surface area (Å²) in [6.45, 7) is 6.35. The molecule has 2 heterocycles. The van der Waals surface area contributed by atoms with Crippen LogP contribution in [0.5, 0.6) is 0 Å². The third kappa shape index (κ3) is 2.11. The van der Waals surface area contributed by atoms with Crippen LogP contribution in [-0.2, 0) is 23.9 Å². The Hall–Kier alpha value is -3.03. The van der Waals surface area contributed by atoms with Gasteiger partial charge in [-0.05, 0) is 38.0 Å². The molecule has 8 heteroatoms. The van der Waals surface area contributed by atoms with E-state index in [-0.39, 0.29) is 5.71 Å². The van der Waals surface area contributed by atoms with Crippen LogP contribution in [0, 0.1) is 19.8 Å². The van der Waals surface area contributed by atoms with E-state index in [4.69, 9.17) is 4.74 Å². The molecule has 1 saturated heterocycles. The Morgan fingerprint density at radius 3 is 2.46 bits per heavy atom. The van der Waals surface area contributed by atoms with Crippen molar-refractivity contribution in [3.05, 3.63) is 29.3 Å². The summed E-state index contributed by atoms with van der Waals surface area (Å²) in [6.07, 6.45) is 0. The van der Waals surface area contributed by atoms with Gasteiger partial charge in [-0.2, -0.15) is 5.10 Å². The van der Waals surface area contributed by atoms with Crippen LogP contribution in [0.4, 0.5) is 5.69 Å². The topological polar surface area (TPSA) is 96.3 Å². The number of rotatable bonds is 2. The molecule has 0 N–H and O–H groups in total. The van der Waals surface area contributed by atoms with Crippen molar-refractivity contribution in [3.8, 4) is 0 Å². The Labute approximate surface area is 150 Å². The molecule has 2 aliphatic heterocycles. The molecule has 0 aliphatic carbocycles. The van der Waals surface area contributed by atoms with E-state index in [1.165, 1.54) is 13.8 Å². The molecular formula is C18H19N3O5. The molecular weight excluding hydrogens is 338 g/mol. The van der Waals surface area contributed by atoms with Gasteiger partial charge in [0.15, 0.2) is 11.3 Å². The predicted molar refractivity (Wildman–Crippen MR) is 92.3 cm³/mol. The molecule has 3 rings (SSSR count). The number of carbonyl (C=O) groups is 4. The van der Waals surface area contributed by atoms with Crippen LogP contribution in [0.1, 0.15) is 25.0 Å². The van der Waals surface area contributed by atoms with Crippen molar-refractivity contribution in [1.82, 2.24) is 5.01 Å². The maximum absolute atomic E-state index is 13.2. The zero-order valence-corrected chi connectivity index (χ0v) is 15.2. The summed E-state index contributed by atoms with van der Waals surface area (Å²) in [7, 11) is 1.16. The molecule has 2 atom stereocenters. The number of hydrogen-bond acceptors (Lipinski definition) is 6. The van der Waals surface area contributed by atoms with Crippen molar-refractivity contribution in [2.75, 3.05) is 12.0 Å². The number of methoxy groups -OCH3 is 1. The maximum Gasteiger partial charge on any atom is 0.355 e. The molecule has 26 heavy (non-hydrogen) atoms. The predicted octanol–water partition coefficient (Wildman–Crippen LogP) is 0.943. The highest BCUT2D eigenvalue weighted by Gasteiger charge is 2.68. The Kier molecular flexibility index (Phi) is 3.94. The average molecular weight is 357 g/mol. The molecule has 0 aromatic heterocycles. The van der Waals surface area contributed by atoms with Gasteiger partial charge in [0.25, 0.3) is 5.91 Å². The molecule has 0 spiro atoms. The number of hydrogen-bond donors (Lipinski definition) is 0. The third-order valence-corrected chi connectivity index (χ3v) is 5.10. The number of hydrazone groups is 1. The van der Waals surface area contributed by atoms with Crippen molar-refractivity contribution in [2.24, 2.45) is 11.0 Å². The first kappa shape index (κ1) is 17.8.